The second kappa shape index (κ2) is 3.91. The number of hydrogen-bond donors (Lipinski definition) is 1. The van der Waals surface area contributed by atoms with Gasteiger partial charge in [0.15, 0.2) is 0 Å². The predicted octanol–water partition coefficient (Wildman–Crippen LogP) is 3.30. The molecular weight excluding hydrogens is 214 g/mol. The molecule has 0 aliphatic heterocycles. The van der Waals surface area contributed by atoms with Crippen molar-refractivity contribution in [2.45, 2.75) is 31.6 Å². The van der Waals surface area contributed by atoms with Gasteiger partial charge in [-0.05, 0) is 42.5 Å². The van der Waals surface area contributed by atoms with Crippen molar-refractivity contribution in [3.8, 4) is 0 Å². The van der Waals surface area contributed by atoms with Gasteiger partial charge in [-0.2, -0.15) is 0 Å². The maximum atomic E-state index is 10.9. The van der Waals surface area contributed by atoms with Gasteiger partial charge in [-0.25, -0.2) is 4.79 Å². The van der Waals surface area contributed by atoms with Crippen LogP contribution in [-0.2, 0) is 0 Å². The Morgan fingerprint density at radius 2 is 2.00 bits per heavy atom. The predicted molar refractivity (Wildman–Crippen MR) is 65.6 cm³/mol. The number of aromatic carboxylic acids is 1. The molecule has 0 unspecified atom stereocenters. The third-order valence-corrected chi connectivity index (χ3v) is 3.69. The van der Waals surface area contributed by atoms with Crippen molar-refractivity contribution < 1.29 is 9.90 Å². The monoisotopic (exact) mass is 229 g/mol. The summed E-state index contributed by atoms with van der Waals surface area (Å²) in [5, 5.41) is 8.95. The van der Waals surface area contributed by atoms with E-state index in [0.717, 1.165) is 5.52 Å². The number of fused-ring (bicyclic) bond motifs is 1. The quantitative estimate of drug-likeness (QED) is 0.858. The van der Waals surface area contributed by atoms with E-state index in [9.17, 15) is 4.79 Å². The molecule has 1 N–H and O–H groups in total. The van der Waals surface area contributed by atoms with Crippen molar-refractivity contribution in [1.82, 2.24) is 4.40 Å². The summed E-state index contributed by atoms with van der Waals surface area (Å²) in [6.07, 6.45) is 8.94. The molecular formula is C14H15NO2. The second-order valence-corrected chi connectivity index (χ2v) is 4.81. The van der Waals surface area contributed by atoms with Crippen LogP contribution in [-0.4, -0.2) is 15.5 Å². The van der Waals surface area contributed by atoms with E-state index in [0.29, 0.717) is 11.5 Å². The van der Waals surface area contributed by atoms with Gasteiger partial charge in [0.2, 0.25) is 0 Å². The van der Waals surface area contributed by atoms with Crippen molar-refractivity contribution >= 4 is 11.5 Å². The van der Waals surface area contributed by atoms with Crippen LogP contribution >= 0.6 is 0 Å². The fourth-order valence-electron chi connectivity index (χ4n) is 2.74. The number of rotatable bonds is 2. The smallest absolute Gasteiger partial charge is 0.337 e. The van der Waals surface area contributed by atoms with Crippen LogP contribution < -0.4 is 0 Å². The fourth-order valence-corrected chi connectivity index (χ4v) is 2.74. The molecule has 3 heteroatoms. The summed E-state index contributed by atoms with van der Waals surface area (Å²) < 4.78 is 1.93. The van der Waals surface area contributed by atoms with Crippen molar-refractivity contribution in [3.63, 3.8) is 0 Å². The van der Waals surface area contributed by atoms with E-state index in [1.165, 1.54) is 31.2 Å². The normalized spacial score (nSPS) is 16.7. The first-order valence-corrected chi connectivity index (χ1v) is 6.09. The molecule has 2 heterocycles. The third kappa shape index (κ3) is 1.82. The van der Waals surface area contributed by atoms with Crippen LogP contribution in [0, 0.1) is 0 Å². The molecule has 2 aromatic heterocycles. The summed E-state index contributed by atoms with van der Waals surface area (Å²) in [5.74, 6) is -0.203. The van der Waals surface area contributed by atoms with Crippen molar-refractivity contribution in [2.75, 3.05) is 0 Å². The highest BCUT2D eigenvalue weighted by atomic mass is 16.4. The lowest BCUT2D eigenvalue weighted by atomic mass is 10.0. The molecule has 17 heavy (non-hydrogen) atoms. The van der Waals surface area contributed by atoms with Crippen LogP contribution in [0.15, 0.2) is 30.6 Å². The van der Waals surface area contributed by atoms with Crippen LogP contribution in [0.1, 0.15) is 47.5 Å². The number of carbonyl (C=O) groups is 1. The van der Waals surface area contributed by atoms with Crippen molar-refractivity contribution in [3.05, 3.63) is 41.7 Å². The van der Waals surface area contributed by atoms with E-state index in [4.69, 9.17) is 5.11 Å². The zero-order valence-corrected chi connectivity index (χ0v) is 9.60. The Hall–Kier alpha value is -1.77. The highest BCUT2D eigenvalue weighted by molar-refractivity contribution is 5.87. The number of pyridine rings is 1. The lowest BCUT2D eigenvalue weighted by Gasteiger charge is -2.03. The summed E-state index contributed by atoms with van der Waals surface area (Å²) in [5.41, 5.74) is 2.77. The van der Waals surface area contributed by atoms with Gasteiger partial charge in [-0.3, -0.25) is 0 Å². The molecule has 1 aliphatic rings. The van der Waals surface area contributed by atoms with E-state index in [2.05, 4.69) is 12.3 Å². The molecule has 2 aromatic rings. The second-order valence-electron chi connectivity index (χ2n) is 4.81. The Bertz CT molecular complexity index is 565. The van der Waals surface area contributed by atoms with Gasteiger partial charge in [0.1, 0.15) is 0 Å². The SMILES string of the molecule is O=C(O)c1ccc2cc(C3CCCC3)cn2c1. The number of carboxylic acids is 1. The number of nitrogens with zero attached hydrogens (tertiary/aromatic N) is 1. The highest BCUT2D eigenvalue weighted by Crippen LogP contribution is 2.34. The summed E-state index contributed by atoms with van der Waals surface area (Å²) in [7, 11) is 0. The molecule has 3 nitrogen and oxygen atoms in total. The van der Waals surface area contributed by atoms with E-state index < -0.39 is 5.97 Å². The minimum atomic E-state index is -0.872. The van der Waals surface area contributed by atoms with E-state index in [-0.39, 0.29) is 0 Å². The largest absolute Gasteiger partial charge is 0.478 e. The maximum Gasteiger partial charge on any atom is 0.337 e. The molecule has 1 fully saturated rings. The Morgan fingerprint density at radius 3 is 2.71 bits per heavy atom. The van der Waals surface area contributed by atoms with Crippen molar-refractivity contribution in [1.29, 1.82) is 0 Å². The first-order valence-electron chi connectivity index (χ1n) is 6.09. The maximum absolute atomic E-state index is 10.9. The van der Waals surface area contributed by atoms with Gasteiger partial charge in [-0.1, -0.05) is 12.8 Å². The lowest BCUT2D eigenvalue weighted by Crippen LogP contribution is -1.97. The molecule has 0 bridgehead atoms. The van der Waals surface area contributed by atoms with Crippen LogP contribution in [0.4, 0.5) is 0 Å². The van der Waals surface area contributed by atoms with Gasteiger partial charge in [0, 0.05) is 17.9 Å². The topological polar surface area (TPSA) is 41.7 Å². The molecule has 0 spiro atoms. The Morgan fingerprint density at radius 1 is 1.24 bits per heavy atom. The van der Waals surface area contributed by atoms with Crippen LogP contribution in [0.2, 0.25) is 0 Å². The summed E-state index contributed by atoms with van der Waals surface area (Å²) >= 11 is 0. The van der Waals surface area contributed by atoms with Gasteiger partial charge in [-0.15, -0.1) is 0 Å². The minimum absolute atomic E-state index is 0.339. The summed E-state index contributed by atoms with van der Waals surface area (Å²) in [6.45, 7) is 0. The Kier molecular flexibility index (Phi) is 2.39. The molecule has 0 atom stereocenters. The summed E-state index contributed by atoms with van der Waals surface area (Å²) in [6, 6.07) is 5.72. The molecule has 1 saturated carbocycles. The fraction of sp³-hybridized carbons (Fsp3) is 0.357. The van der Waals surface area contributed by atoms with Gasteiger partial charge < -0.3 is 9.51 Å². The molecule has 0 radical (unpaired) electrons. The molecule has 1 aliphatic carbocycles. The molecule has 3 rings (SSSR count). The highest BCUT2D eigenvalue weighted by Gasteiger charge is 2.18. The summed E-state index contributed by atoms with van der Waals surface area (Å²) in [4.78, 5) is 10.9. The lowest BCUT2D eigenvalue weighted by molar-refractivity contribution is 0.0696. The minimum Gasteiger partial charge on any atom is -0.478 e. The van der Waals surface area contributed by atoms with E-state index >= 15 is 0 Å². The van der Waals surface area contributed by atoms with E-state index in [1.807, 2.05) is 10.5 Å². The molecule has 88 valence electrons. The first kappa shape index (κ1) is 10.4. The average molecular weight is 229 g/mol. The average Bonchev–Trinajstić information content (AvgIpc) is 2.96. The zero-order chi connectivity index (χ0) is 11.8. The van der Waals surface area contributed by atoms with Crippen molar-refractivity contribution in [2.24, 2.45) is 0 Å². The van der Waals surface area contributed by atoms with Crippen LogP contribution in [0.25, 0.3) is 5.52 Å². The number of aromatic nitrogens is 1. The Labute approximate surface area is 99.7 Å². The number of hydrogen-bond acceptors (Lipinski definition) is 1. The zero-order valence-electron chi connectivity index (χ0n) is 9.60. The molecule has 0 saturated heterocycles. The number of carboxylic acid groups (broad SMARTS) is 1. The molecule has 0 amide bonds. The van der Waals surface area contributed by atoms with E-state index in [1.54, 1.807) is 12.3 Å². The molecule has 0 aromatic carbocycles. The standard InChI is InChI=1S/C14H15NO2/c16-14(17)11-5-6-13-7-12(9-15(13)8-11)10-3-1-2-4-10/h5-10H,1-4H2,(H,16,17). The van der Waals surface area contributed by atoms with Gasteiger partial charge in [0.05, 0.1) is 5.56 Å². The van der Waals surface area contributed by atoms with Gasteiger partial charge >= 0.3 is 5.97 Å². The van der Waals surface area contributed by atoms with Gasteiger partial charge in [0.25, 0.3) is 0 Å². The third-order valence-electron chi connectivity index (χ3n) is 3.69. The van der Waals surface area contributed by atoms with Crippen LogP contribution in [0.5, 0.6) is 0 Å². The Balaban J connectivity index is 2.03. The van der Waals surface area contributed by atoms with Crippen LogP contribution in [0.3, 0.4) is 0 Å². The first-order chi connectivity index (χ1) is 8.24.